The van der Waals surface area contributed by atoms with Crippen LogP contribution in [0.2, 0.25) is 0 Å². The molecule has 0 spiro atoms. The molecule has 0 saturated carbocycles. The average molecular weight is 1140 g/mol. The fraction of sp³-hybridized carbons (Fsp3) is 0.0870. The molecule has 29 heteroatoms. The van der Waals surface area contributed by atoms with E-state index in [0.717, 1.165) is 36.4 Å². The van der Waals surface area contributed by atoms with Crippen LogP contribution in [0.1, 0.15) is 11.1 Å². The number of methoxy groups -OCH3 is 2. The van der Waals surface area contributed by atoms with E-state index in [-0.39, 0.29) is 21.3 Å². The Kier molecular flexibility index (Phi) is 15.9. The van der Waals surface area contributed by atoms with Gasteiger partial charge in [0.15, 0.2) is 69.8 Å². The van der Waals surface area contributed by atoms with E-state index >= 15 is 0 Å². The largest absolute Gasteiger partial charge is 0.497 e. The molecule has 0 radical (unpaired) electrons. The van der Waals surface area contributed by atoms with Crippen molar-refractivity contribution in [3.63, 3.8) is 0 Å². The minimum atomic E-state index is -6.30. The Bertz CT molecular complexity index is 3690. The number of hydrogen-bond acceptors (Lipinski definition) is 10. The van der Waals surface area contributed by atoms with E-state index in [1.165, 1.54) is 50.6 Å². The van der Waals surface area contributed by atoms with Crippen LogP contribution < -0.4 is 18.9 Å². The number of benzene rings is 7. The molecule has 0 atom stereocenters. The molecule has 0 heterocycles. The third-order valence-electron chi connectivity index (χ3n) is 10.3. The van der Waals surface area contributed by atoms with E-state index in [1.807, 2.05) is 0 Å². The van der Waals surface area contributed by atoms with Crippen LogP contribution >= 0.6 is 0 Å². The molecular formula is C46H24F16O10S3. The Morgan fingerprint density at radius 2 is 0.480 bits per heavy atom. The Morgan fingerprint density at radius 1 is 0.280 bits per heavy atom. The van der Waals surface area contributed by atoms with Crippen molar-refractivity contribution in [1.82, 2.24) is 0 Å². The normalized spacial score (nSPS) is 11.8. The number of hydrogen-bond donors (Lipinski definition) is 0. The van der Waals surface area contributed by atoms with Gasteiger partial charge in [0.2, 0.25) is 64.3 Å². The molecule has 0 aliphatic rings. The Morgan fingerprint density at radius 3 is 0.720 bits per heavy atom. The van der Waals surface area contributed by atoms with Crippen LogP contribution in [-0.2, 0) is 29.5 Å². The summed E-state index contributed by atoms with van der Waals surface area (Å²) in [5.74, 6) is -43.5. The zero-order chi connectivity index (χ0) is 56.1. The van der Waals surface area contributed by atoms with E-state index in [0.29, 0.717) is 19.6 Å². The van der Waals surface area contributed by atoms with Crippen molar-refractivity contribution in [3.05, 3.63) is 177 Å². The Hall–Kier alpha value is -7.53. The van der Waals surface area contributed by atoms with E-state index in [2.05, 4.69) is 0 Å². The van der Waals surface area contributed by atoms with Crippen molar-refractivity contribution in [1.29, 1.82) is 0 Å². The van der Waals surface area contributed by atoms with Crippen LogP contribution in [0.25, 0.3) is 0 Å². The van der Waals surface area contributed by atoms with Gasteiger partial charge in [-0.15, -0.1) is 0 Å². The molecule has 0 aromatic heterocycles. The van der Waals surface area contributed by atoms with Crippen molar-refractivity contribution in [2.45, 2.75) is 43.2 Å². The van der Waals surface area contributed by atoms with Crippen LogP contribution in [0.15, 0.2) is 102 Å². The quantitative estimate of drug-likeness (QED) is 0.0858. The van der Waals surface area contributed by atoms with Crippen LogP contribution in [-0.4, -0.2) is 39.5 Å². The molecule has 0 unspecified atom stereocenters. The summed E-state index contributed by atoms with van der Waals surface area (Å²) in [4.78, 5) is -10.6. The zero-order valence-corrected chi connectivity index (χ0v) is 39.7. The molecule has 398 valence electrons. The van der Waals surface area contributed by atoms with Gasteiger partial charge in [-0.3, -0.25) is 0 Å². The highest BCUT2D eigenvalue weighted by molar-refractivity contribution is 7.92. The minimum Gasteiger partial charge on any atom is -0.497 e. The van der Waals surface area contributed by atoms with Gasteiger partial charge in [0, 0.05) is 11.1 Å². The molecular weight excluding hydrogens is 1110 g/mol. The monoisotopic (exact) mass is 1140 g/mol. The standard InChI is InChI=1S/C26H14F8O6S2.C20H10F8O4S/c1-11-16(27)20(31)25(21(32)17(11)28)42(37,38)26-22(33)18(29)24(19(30)23(26)34)40-13-5-9-15(10-6-13)41(35,36)14-7-3-12(39-2)4-8-14;1-7-10(21)14(25)19(15(26)11(7)22)33(29,30)20-16(27)12(23)18(13(24)17(20)28)32-9-5-3-8(31-2)4-6-9/h3-10H,1-2H3;3-6H,1-2H3. The molecule has 0 aliphatic carbocycles. The number of ether oxygens (including phenoxy) is 4. The minimum absolute atomic E-state index is 0.156. The highest BCUT2D eigenvalue weighted by Crippen LogP contribution is 2.42. The lowest BCUT2D eigenvalue weighted by Crippen LogP contribution is -2.17. The molecule has 7 aromatic rings. The van der Waals surface area contributed by atoms with Crippen LogP contribution in [0.4, 0.5) is 70.2 Å². The predicted octanol–water partition coefficient (Wildman–Crippen LogP) is 12.3. The summed E-state index contributed by atoms with van der Waals surface area (Å²) < 4.78 is 325. The predicted molar refractivity (Wildman–Crippen MR) is 224 cm³/mol. The van der Waals surface area contributed by atoms with Gasteiger partial charge in [-0.2, -0.15) is 17.6 Å². The smallest absolute Gasteiger partial charge is 0.218 e. The van der Waals surface area contributed by atoms with Gasteiger partial charge in [-0.25, -0.2) is 77.9 Å². The topological polar surface area (TPSA) is 139 Å². The van der Waals surface area contributed by atoms with Gasteiger partial charge in [-0.1, -0.05) is 0 Å². The first-order valence-corrected chi connectivity index (χ1v) is 24.2. The molecule has 0 N–H and O–H groups in total. The van der Waals surface area contributed by atoms with Crippen molar-refractivity contribution in [2.75, 3.05) is 14.2 Å². The highest BCUT2D eigenvalue weighted by Gasteiger charge is 2.42. The second-order valence-electron chi connectivity index (χ2n) is 14.8. The second-order valence-corrected chi connectivity index (χ2v) is 20.4. The van der Waals surface area contributed by atoms with Crippen LogP contribution in [0.5, 0.6) is 34.5 Å². The van der Waals surface area contributed by atoms with Crippen LogP contribution in [0.3, 0.4) is 0 Å². The zero-order valence-electron chi connectivity index (χ0n) is 37.3. The maximum Gasteiger partial charge on any atom is 0.218 e. The number of rotatable bonds is 12. The summed E-state index contributed by atoms with van der Waals surface area (Å²) >= 11 is 0. The molecule has 0 aliphatic heterocycles. The van der Waals surface area contributed by atoms with Crippen molar-refractivity contribution >= 4 is 29.5 Å². The SMILES string of the molecule is COc1ccc(Oc2c(F)c(F)c(S(=O)(=O)c3c(F)c(F)c(C)c(F)c3F)c(F)c2F)cc1.COc1ccc(S(=O)(=O)c2ccc(Oc3c(F)c(F)c(S(=O)(=O)c4c(F)c(F)c(C)c(F)c4F)c(F)c3F)cc2)cc1. The fourth-order valence-corrected chi connectivity index (χ4v) is 10.7. The molecule has 0 fully saturated rings. The third-order valence-corrected chi connectivity index (χ3v) is 15.7. The lowest BCUT2D eigenvalue weighted by molar-refractivity contribution is 0.349. The summed E-state index contributed by atoms with van der Waals surface area (Å²) in [6.45, 7) is 1.08. The number of sulfone groups is 3. The molecule has 0 amide bonds. The third kappa shape index (κ3) is 9.97. The van der Waals surface area contributed by atoms with Crippen molar-refractivity contribution in [3.8, 4) is 34.5 Å². The highest BCUT2D eigenvalue weighted by atomic mass is 32.2. The molecule has 7 aromatic carbocycles. The summed E-state index contributed by atoms with van der Waals surface area (Å²) in [5, 5.41) is 0. The maximum atomic E-state index is 14.8. The van der Waals surface area contributed by atoms with Gasteiger partial charge < -0.3 is 18.9 Å². The molecule has 75 heavy (non-hydrogen) atoms. The second kappa shape index (κ2) is 21.0. The summed E-state index contributed by atoms with van der Waals surface area (Å²) in [7, 11) is -13.9. The van der Waals surface area contributed by atoms with E-state index in [4.69, 9.17) is 18.9 Å². The van der Waals surface area contributed by atoms with Gasteiger partial charge in [0.05, 0.1) is 24.0 Å². The van der Waals surface area contributed by atoms with Crippen LogP contribution in [0, 0.1) is 107 Å². The first-order chi connectivity index (χ1) is 34.9. The molecule has 10 nitrogen and oxygen atoms in total. The van der Waals surface area contributed by atoms with Gasteiger partial charge in [0.25, 0.3) is 0 Å². The number of halogens is 16. The van der Waals surface area contributed by atoms with E-state index in [9.17, 15) is 95.5 Å². The first kappa shape index (κ1) is 56.8. The summed E-state index contributed by atoms with van der Waals surface area (Å²) in [6, 6.07) is 13.4. The van der Waals surface area contributed by atoms with E-state index in [1.54, 1.807) is 0 Å². The fourth-order valence-electron chi connectivity index (χ4n) is 6.41. The Labute approximate surface area is 411 Å². The molecule has 7 rings (SSSR count). The maximum absolute atomic E-state index is 14.8. The molecule has 0 saturated heterocycles. The van der Waals surface area contributed by atoms with Crippen molar-refractivity contribution < 1.29 is 114 Å². The lowest BCUT2D eigenvalue weighted by atomic mass is 10.2. The summed E-state index contributed by atoms with van der Waals surface area (Å²) in [6.07, 6.45) is 0. The van der Waals surface area contributed by atoms with Crippen molar-refractivity contribution in [2.24, 2.45) is 0 Å². The lowest BCUT2D eigenvalue weighted by Gasteiger charge is -2.15. The van der Waals surface area contributed by atoms with Gasteiger partial charge in [0.1, 0.15) is 42.6 Å². The van der Waals surface area contributed by atoms with Gasteiger partial charge >= 0.3 is 0 Å². The summed E-state index contributed by atoms with van der Waals surface area (Å²) in [5.41, 5.74) is -2.58. The molecule has 0 bridgehead atoms. The Balaban J connectivity index is 0.000000251. The van der Waals surface area contributed by atoms with E-state index < -0.39 is 171 Å². The first-order valence-electron chi connectivity index (χ1n) is 19.8. The van der Waals surface area contributed by atoms with Gasteiger partial charge in [-0.05, 0) is 86.6 Å². The average Bonchev–Trinajstić information content (AvgIpc) is 3.38.